The van der Waals surface area contributed by atoms with Gasteiger partial charge in [0.1, 0.15) is 17.7 Å². The first-order valence-electron chi connectivity index (χ1n) is 10.7. The second kappa shape index (κ2) is 9.86. The lowest BCUT2D eigenvalue weighted by Gasteiger charge is -2.38. The topological polar surface area (TPSA) is 109 Å². The number of aromatic nitrogens is 4. The molecular formula is C23H24FN5O5. The van der Waals surface area contributed by atoms with Crippen LogP contribution in [0.25, 0.3) is 5.69 Å². The van der Waals surface area contributed by atoms with Crippen molar-refractivity contribution in [1.82, 2.24) is 24.9 Å². The smallest absolute Gasteiger partial charge is 0.347 e. The number of amides is 1. The minimum Gasteiger partial charge on any atom is -0.496 e. The number of carbonyl (C=O) groups is 2. The molecule has 0 spiro atoms. The maximum absolute atomic E-state index is 14.1. The summed E-state index contributed by atoms with van der Waals surface area (Å²) in [5, 5.41) is 8.14. The molecule has 1 aromatic carbocycles. The Morgan fingerprint density at radius 1 is 1.09 bits per heavy atom. The number of rotatable bonds is 6. The zero-order valence-corrected chi connectivity index (χ0v) is 19.0. The number of methoxy groups -OCH3 is 2. The number of likely N-dealkylation sites (tertiary alicyclic amines) is 1. The van der Waals surface area contributed by atoms with Gasteiger partial charge in [0, 0.05) is 12.2 Å². The van der Waals surface area contributed by atoms with Crippen LogP contribution in [-0.2, 0) is 4.74 Å². The van der Waals surface area contributed by atoms with Gasteiger partial charge in [-0.3, -0.25) is 4.79 Å². The molecule has 34 heavy (non-hydrogen) atoms. The molecule has 11 heteroatoms. The standard InChI is InChI=1S/C23H24FN5O5/c1-14-4-6-16(34-21-20(23(31)33-3)19(32-2)8-9-25-21)13-28(14)22(30)17-12-15(24)5-7-18(17)29-26-10-11-27-29/h5,7-12,14,16H,4,6,13H2,1-3H3/t14-,16-/m1/s1. The lowest BCUT2D eigenvalue weighted by molar-refractivity contribution is 0.0357. The van der Waals surface area contributed by atoms with Gasteiger partial charge in [-0.25, -0.2) is 14.2 Å². The lowest BCUT2D eigenvalue weighted by atomic mass is 9.99. The van der Waals surface area contributed by atoms with Crippen LogP contribution in [0.3, 0.4) is 0 Å². The Morgan fingerprint density at radius 2 is 1.85 bits per heavy atom. The molecule has 1 aliphatic heterocycles. The average Bonchev–Trinajstić information content (AvgIpc) is 3.39. The Hall–Kier alpha value is -4.02. The van der Waals surface area contributed by atoms with Crippen LogP contribution in [0.1, 0.15) is 40.5 Å². The highest BCUT2D eigenvalue weighted by atomic mass is 19.1. The summed E-state index contributed by atoms with van der Waals surface area (Å²) in [5.41, 5.74) is 0.578. The molecule has 0 aliphatic carbocycles. The summed E-state index contributed by atoms with van der Waals surface area (Å²) < 4.78 is 30.3. The monoisotopic (exact) mass is 469 g/mol. The maximum Gasteiger partial charge on any atom is 0.347 e. The number of pyridine rings is 1. The van der Waals surface area contributed by atoms with Gasteiger partial charge >= 0.3 is 5.97 Å². The van der Waals surface area contributed by atoms with Crippen LogP contribution in [0, 0.1) is 5.82 Å². The highest BCUT2D eigenvalue weighted by molar-refractivity contribution is 5.98. The van der Waals surface area contributed by atoms with Crippen molar-refractivity contribution in [2.45, 2.75) is 31.9 Å². The summed E-state index contributed by atoms with van der Waals surface area (Å²) in [6, 6.07) is 5.31. The molecule has 10 nitrogen and oxygen atoms in total. The predicted molar refractivity (Wildman–Crippen MR) is 118 cm³/mol. The number of halogens is 1. The van der Waals surface area contributed by atoms with Gasteiger partial charge < -0.3 is 19.1 Å². The molecule has 2 aromatic heterocycles. The Kier molecular flexibility index (Phi) is 6.71. The van der Waals surface area contributed by atoms with Crippen LogP contribution in [0.15, 0.2) is 42.9 Å². The number of ether oxygens (including phenoxy) is 3. The van der Waals surface area contributed by atoms with Crippen LogP contribution >= 0.6 is 0 Å². The van der Waals surface area contributed by atoms with Gasteiger partial charge in [0.25, 0.3) is 5.91 Å². The molecule has 0 N–H and O–H groups in total. The fourth-order valence-electron chi connectivity index (χ4n) is 3.93. The number of hydrogen-bond acceptors (Lipinski definition) is 8. The first kappa shape index (κ1) is 23.1. The second-order valence-electron chi connectivity index (χ2n) is 7.79. The molecule has 3 aromatic rings. The van der Waals surface area contributed by atoms with Gasteiger partial charge in [-0.05, 0) is 44.0 Å². The van der Waals surface area contributed by atoms with Gasteiger partial charge in [-0.1, -0.05) is 0 Å². The van der Waals surface area contributed by atoms with E-state index in [2.05, 4.69) is 15.2 Å². The van der Waals surface area contributed by atoms with Crippen LogP contribution in [-0.4, -0.2) is 69.7 Å². The molecule has 0 bridgehead atoms. The van der Waals surface area contributed by atoms with Crippen molar-refractivity contribution in [3.8, 4) is 17.3 Å². The molecule has 4 rings (SSSR count). The highest BCUT2D eigenvalue weighted by Crippen LogP contribution is 2.30. The second-order valence-corrected chi connectivity index (χ2v) is 7.79. The normalized spacial score (nSPS) is 17.8. The van der Waals surface area contributed by atoms with Gasteiger partial charge in [0.15, 0.2) is 5.56 Å². The van der Waals surface area contributed by atoms with E-state index in [1.165, 1.54) is 61.9 Å². The Morgan fingerprint density at radius 3 is 2.56 bits per heavy atom. The van der Waals surface area contributed by atoms with E-state index in [4.69, 9.17) is 14.2 Å². The van der Waals surface area contributed by atoms with Gasteiger partial charge in [0.2, 0.25) is 5.88 Å². The fraction of sp³-hybridized carbons (Fsp3) is 0.348. The third-order valence-corrected chi connectivity index (χ3v) is 5.69. The minimum absolute atomic E-state index is 0.0605. The average molecular weight is 469 g/mol. The Bertz CT molecular complexity index is 1190. The first-order chi connectivity index (χ1) is 16.4. The molecule has 0 saturated carbocycles. The molecule has 2 atom stereocenters. The summed E-state index contributed by atoms with van der Waals surface area (Å²) in [4.78, 5) is 32.9. The molecule has 178 valence electrons. The summed E-state index contributed by atoms with van der Waals surface area (Å²) in [7, 11) is 2.69. The van der Waals surface area contributed by atoms with Crippen molar-refractivity contribution in [2.75, 3.05) is 20.8 Å². The summed E-state index contributed by atoms with van der Waals surface area (Å²) >= 11 is 0. The van der Waals surface area contributed by atoms with Crippen molar-refractivity contribution in [3.63, 3.8) is 0 Å². The number of carbonyl (C=O) groups excluding carboxylic acids is 2. The zero-order chi connectivity index (χ0) is 24.2. The SMILES string of the molecule is COC(=O)c1c(OC)ccnc1O[C@@H]1CC[C@@H](C)N(C(=O)c2cc(F)ccc2-n2nccn2)C1. The number of piperidine rings is 1. The van der Waals surface area contributed by atoms with Crippen molar-refractivity contribution >= 4 is 11.9 Å². The Balaban J connectivity index is 1.61. The summed E-state index contributed by atoms with van der Waals surface area (Å²) in [6.07, 6.45) is 5.23. The largest absolute Gasteiger partial charge is 0.496 e. The lowest BCUT2D eigenvalue weighted by Crippen LogP contribution is -2.49. The first-order valence-corrected chi connectivity index (χ1v) is 10.7. The van der Waals surface area contributed by atoms with E-state index < -0.39 is 17.9 Å². The molecule has 0 radical (unpaired) electrons. The minimum atomic E-state index is -0.645. The van der Waals surface area contributed by atoms with Gasteiger partial charge in [-0.15, -0.1) is 0 Å². The molecule has 1 amide bonds. The third kappa shape index (κ3) is 4.54. The van der Waals surface area contributed by atoms with E-state index in [1.54, 1.807) is 4.90 Å². The Labute approximate surface area is 195 Å². The quantitative estimate of drug-likeness (QED) is 0.507. The van der Waals surface area contributed by atoms with Crippen LogP contribution < -0.4 is 9.47 Å². The molecule has 3 heterocycles. The van der Waals surface area contributed by atoms with Crippen LogP contribution in [0.4, 0.5) is 4.39 Å². The molecule has 1 saturated heterocycles. The van der Waals surface area contributed by atoms with Crippen molar-refractivity contribution < 1.29 is 28.2 Å². The molecular weight excluding hydrogens is 445 g/mol. The van der Waals surface area contributed by atoms with E-state index in [-0.39, 0.29) is 41.3 Å². The molecule has 0 unspecified atom stereocenters. The van der Waals surface area contributed by atoms with Gasteiger partial charge in [0.05, 0.1) is 44.4 Å². The zero-order valence-electron chi connectivity index (χ0n) is 19.0. The predicted octanol–water partition coefficient (Wildman–Crippen LogP) is 2.67. The van der Waals surface area contributed by atoms with E-state index in [0.717, 1.165) is 0 Å². The summed E-state index contributed by atoms with van der Waals surface area (Å²) in [6.45, 7) is 2.13. The van der Waals surface area contributed by atoms with Crippen molar-refractivity contribution in [3.05, 3.63) is 59.8 Å². The van der Waals surface area contributed by atoms with Gasteiger partial charge in [-0.2, -0.15) is 15.0 Å². The molecule has 1 fully saturated rings. The molecule has 1 aliphatic rings. The summed E-state index contributed by atoms with van der Waals surface area (Å²) in [5.74, 6) is -1.23. The fourth-order valence-corrected chi connectivity index (χ4v) is 3.93. The number of esters is 1. The van der Waals surface area contributed by atoms with E-state index in [0.29, 0.717) is 18.5 Å². The van der Waals surface area contributed by atoms with Crippen LogP contribution in [0.5, 0.6) is 11.6 Å². The van der Waals surface area contributed by atoms with Crippen LogP contribution in [0.2, 0.25) is 0 Å². The van der Waals surface area contributed by atoms with E-state index in [1.807, 2.05) is 6.92 Å². The van der Waals surface area contributed by atoms with Crippen molar-refractivity contribution in [2.24, 2.45) is 0 Å². The number of benzene rings is 1. The third-order valence-electron chi connectivity index (χ3n) is 5.69. The number of nitrogens with zero attached hydrogens (tertiary/aromatic N) is 5. The highest BCUT2D eigenvalue weighted by Gasteiger charge is 2.33. The number of hydrogen-bond donors (Lipinski definition) is 0. The maximum atomic E-state index is 14.1. The van der Waals surface area contributed by atoms with E-state index in [9.17, 15) is 14.0 Å². The van der Waals surface area contributed by atoms with E-state index >= 15 is 0 Å². The van der Waals surface area contributed by atoms with Crippen molar-refractivity contribution in [1.29, 1.82) is 0 Å².